The molecule has 0 amide bonds. The first-order valence-corrected chi connectivity index (χ1v) is 9.11. The molecular weight excluding hydrogens is 329 g/mol. The fraction of sp³-hybridized carbons (Fsp3) is 0.632. The Morgan fingerprint density at radius 1 is 0.957 bits per heavy atom. The first-order valence-electron chi connectivity index (χ1n) is 8.73. The predicted molar refractivity (Wildman–Crippen MR) is 104 cm³/mol. The molecule has 0 radical (unpaired) electrons. The van der Waals surface area contributed by atoms with Crippen LogP contribution in [0.4, 0.5) is 5.69 Å². The van der Waals surface area contributed by atoms with E-state index in [1.165, 1.54) is 51.4 Å². The van der Waals surface area contributed by atoms with Gasteiger partial charge in [-0.3, -0.25) is 4.79 Å². The van der Waals surface area contributed by atoms with Gasteiger partial charge < -0.3 is 5.32 Å². The monoisotopic (exact) mass is 359 g/mol. The van der Waals surface area contributed by atoms with Crippen molar-refractivity contribution in [1.29, 1.82) is 0 Å². The maximum Gasteiger partial charge on any atom is 0.221 e. The van der Waals surface area contributed by atoms with Crippen molar-refractivity contribution in [1.82, 2.24) is 0 Å². The van der Waals surface area contributed by atoms with Gasteiger partial charge in [0.25, 0.3) is 0 Å². The van der Waals surface area contributed by atoms with Gasteiger partial charge in [-0.15, -0.1) is 12.4 Å². The van der Waals surface area contributed by atoms with Gasteiger partial charge in [-0.05, 0) is 42.1 Å². The number of rotatable bonds is 13. The molecule has 0 fully saturated rings. The van der Waals surface area contributed by atoms with Gasteiger partial charge in [0.05, 0.1) is 0 Å². The van der Waals surface area contributed by atoms with Gasteiger partial charge in [0.15, 0.2) is 0 Å². The van der Waals surface area contributed by atoms with Crippen LogP contribution in [0.15, 0.2) is 24.3 Å². The van der Waals surface area contributed by atoms with Crippen LogP contribution in [-0.4, -0.2) is 11.8 Å². The molecule has 0 saturated carbocycles. The van der Waals surface area contributed by atoms with E-state index in [0.717, 1.165) is 24.2 Å². The Morgan fingerprint density at radius 2 is 1.52 bits per heavy atom. The number of nitrogens with one attached hydrogen (secondary N) is 1. The topological polar surface area (TPSA) is 29.1 Å². The summed E-state index contributed by atoms with van der Waals surface area (Å²) in [6.07, 6.45) is 11.9. The van der Waals surface area contributed by atoms with Crippen molar-refractivity contribution < 1.29 is 4.79 Å². The zero-order chi connectivity index (χ0) is 16.0. The summed E-state index contributed by atoms with van der Waals surface area (Å²) in [5.74, 6) is 0. The van der Waals surface area contributed by atoms with Crippen LogP contribution in [0.3, 0.4) is 0 Å². The van der Waals surface area contributed by atoms with E-state index in [0.29, 0.717) is 6.42 Å². The summed E-state index contributed by atoms with van der Waals surface area (Å²) in [6, 6.07) is 8.30. The number of anilines is 1. The summed E-state index contributed by atoms with van der Waals surface area (Å²) < 4.78 is 0. The first-order chi connectivity index (χ1) is 10.7. The van der Waals surface area contributed by atoms with Crippen molar-refractivity contribution in [2.24, 2.45) is 0 Å². The molecule has 2 nitrogen and oxygen atoms in total. The molecule has 0 atom stereocenters. The third-order valence-corrected chi connectivity index (χ3v) is 4.11. The van der Waals surface area contributed by atoms with Gasteiger partial charge in [0.1, 0.15) is 0 Å². The highest BCUT2D eigenvalue weighted by atomic mass is 35.5. The summed E-state index contributed by atoms with van der Waals surface area (Å²) in [5.41, 5.74) is 2.32. The minimum Gasteiger partial charge on any atom is -0.385 e. The Balaban J connectivity index is 0.00000484. The van der Waals surface area contributed by atoms with Gasteiger partial charge in [0.2, 0.25) is 5.24 Å². The highest BCUT2D eigenvalue weighted by Crippen LogP contribution is 2.13. The Bertz CT molecular complexity index is 406. The largest absolute Gasteiger partial charge is 0.385 e. The second-order valence-corrected chi connectivity index (χ2v) is 6.38. The molecule has 132 valence electrons. The van der Waals surface area contributed by atoms with E-state index in [1.54, 1.807) is 0 Å². The molecule has 23 heavy (non-hydrogen) atoms. The van der Waals surface area contributed by atoms with Crippen molar-refractivity contribution in [2.45, 2.75) is 71.1 Å². The van der Waals surface area contributed by atoms with Gasteiger partial charge in [-0.25, -0.2) is 0 Å². The van der Waals surface area contributed by atoms with Gasteiger partial charge >= 0.3 is 0 Å². The second-order valence-electron chi connectivity index (χ2n) is 5.95. The molecule has 1 N–H and O–H groups in total. The van der Waals surface area contributed by atoms with Crippen LogP contribution in [0.2, 0.25) is 0 Å². The zero-order valence-electron chi connectivity index (χ0n) is 14.3. The Labute approximate surface area is 152 Å². The normalized spacial score (nSPS) is 10.2. The number of hydrogen-bond acceptors (Lipinski definition) is 2. The fourth-order valence-electron chi connectivity index (χ4n) is 2.52. The lowest BCUT2D eigenvalue weighted by molar-refractivity contribution is -0.111. The van der Waals surface area contributed by atoms with Crippen LogP contribution < -0.4 is 5.32 Å². The Kier molecular flexibility index (Phi) is 14.4. The van der Waals surface area contributed by atoms with Gasteiger partial charge in [0, 0.05) is 18.7 Å². The van der Waals surface area contributed by atoms with E-state index < -0.39 is 0 Å². The number of benzene rings is 1. The molecule has 0 saturated heterocycles. The first kappa shape index (κ1) is 22.3. The van der Waals surface area contributed by atoms with Gasteiger partial charge in [-0.2, -0.15) is 0 Å². The summed E-state index contributed by atoms with van der Waals surface area (Å²) in [7, 11) is 0. The maximum atomic E-state index is 10.7. The van der Waals surface area contributed by atoms with E-state index in [9.17, 15) is 4.79 Å². The lowest BCUT2D eigenvalue weighted by atomic mass is 10.1. The van der Waals surface area contributed by atoms with Crippen molar-refractivity contribution in [3.8, 4) is 0 Å². The van der Waals surface area contributed by atoms with Crippen molar-refractivity contribution in [2.75, 3.05) is 11.9 Å². The maximum absolute atomic E-state index is 10.7. The molecule has 0 aliphatic heterocycles. The molecule has 0 bridgehead atoms. The zero-order valence-corrected chi connectivity index (χ0v) is 15.9. The molecule has 0 aliphatic rings. The van der Waals surface area contributed by atoms with Crippen LogP contribution in [0, 0.1) is 0 Å². The molecule has 0 heterocycles. The SMILES string of the molecule is CCCCCCCCCCNc1ccc(CCC(=O)Cl)cc1.Cl. The number of hydrogen-bond donors (Lipinski definition) is 1. The molecule has 0 unspecified atom stereocenters. The standard InChI is InChI=1S/C19H30ClNO.ClH/c1-2-3-4-5-6-7-8-9-16-21-18-13-10-17(11-14-18)12-15-19(20)22;/h10-11,13-14,21H,2-9,12,15-16H2,1H3;1H. The van der Waals surface area contributed by atoms with E-state index in [2.05, 4.69) is 36.5 Å². The molecule has 0 spiro atoms. The van der Waals surface area contributed by atoms with Crippen LogP contribution in [0.25, 0.3) is 0 Å². The van der Waals surface area contributed by atoms with Crippen molar-refractivity contribution in [3.63, 3.8) is 0 Å². The van der Waals surface area contributed by atoms with Crippen LogP contribution in [0.5, 0.6) is 0 Å². The van der Waals surface area contributed by atoms with Crippen LogP contribution >= 0.6 is 24.0 Å². The van der Waals surface area contributed by atoms with E-state index >= 15 is 0 Å². The lowest BCUT2D eigenvalue weighted by Gasteiger charge is -2.07. The Morgan fingerprint density at radius 3 is 2.09 bits per heavy atom. The smallest absolute Gasteiger partial charge is 0.221 e. The average molecular weight is 360 g/mol. The molecule has 1 aromatic carbocycles. The molecule has 1 aromatic rings. The third-order valence-electron chi connectivity index (χ3n) is 3.92. The second kappa shape index (κ2) is 14.8. The third kappa shape index (κ3) is 12.4. The average Bonchev–Trinajstić information content (AvgIpc) is 2.52. The molecule has 0 aromatic heterocycles. The summed E-state index contributed by atoms with van der Waals surface area (Å²) in [4.78, 5) is 10.7. The highest BCUT2D eigenvalue weighted by molar-refractivity contribution is 6.63. The van der Waals surface area contributed by atoms with E-state index in [-0.39, 0.29) is 17.6 Å². The number of halogens is 2. The van der Waals surface area contributed by atoms with Crippen LogP contribution in [-0.2, 0) is 11.2 Å². The number of unbranched alkanes of at least 4 members (excludes halogenated alkanes) is 7. The summed E-state index contributed by atoms with van der Waals surface area (Å²) in [5, 5.41) is 3.19. The van der Waals surface area contributed by atoms with Crippen molar-refractivity contribution >= 4 is 34.9 Å². The minimum atomic E-state index is -0.267. The number of carbonyl (C=O) groups is 1. The molecule has 4 heteroatoms. The van der Waals surface area contributed by atoms with E-state index in [1.807, 2.05) is 0 Å². The minimum absolute atomic E-state index is 0. The predicted octanol–water partition coefficient (Wildman–Crippen LogP) is 6.36. The highest BCUT2D eigenvalue weighted by Gasteiger charge is 1.99. The molecule has 0 aliphatic carbocycles. The van der Waals surface area contributed by atoms with Crippen molar-refractivity contribution in [3.05, 3.63) is 29.8 Å². The Hall–Kier alpha value is -0.730. The fourth-order valence-corrected chi connectivity index (χ4v) is 2.62. The summed E-state index contributed by atoms with van der Waals surface area (Å²) >= 11 is 5.35. The quantitative estimate of drug-likeness (QED) is 0.328. The van der Waals surface area contributed by atoms with E-state index in [4.69, 9.17) is 11.6 Å². The lowest BCUT2D eigenvalue weighted by Crippen LogP contribution is -2.01. The number of aryl methyl sites for hydroxylation is 1. The number of carbonyl (C=O) groups excluding carboxylic acids is 1. The molecule has 1 rings (SSSR count). The summed E-state index contributed by atoms with van der Waals surface area (Å²) in [6.45, 7) is 3.30. The van der Waals surface area contributed by atoms with Gasteiger partial charge in [-0.1, -0.05) is 64.0 Å². The molecular formula is C19H31Cl2NO. The van der Waals surface area contributed by atoms with Crippen LogP contribution in [0.1, 0.15) is 70.3 Å².